The first-order valence-electron chi connectivity index (χ1n) is 8.50. The Bertz CT molecular complexity index is 1000. The van der Waals surface area contributed by atoms with Crippen LogP contribution in [0.3, 0.4) is 0 Å². The third-order valence-corrected chi connectivity index (χ3v) is 4.87. The van der Waals surface area contributed by atoms with Gasteiger partial charge in [0.2, 0.25) is 0 Å². The van der Waals surface area contributed by atoms with Crippen LogP contribution in [0.2, 0.25) is 0 Å². The maximum absolute atomic E-state index is 12.9. The molecule has 0 aliphatic heterocycles. The van der Waals surface area contributed by atoms with Gasteiger partial charge >= 0.3 is 0 Å². The van der Waals surface area contributed by atoms with E-state index in [0.29, 0.717) is 34.0 Å². The van der Waals surface area contributed by atoms with E-state index in [1.54, 1.807) is 55.0 Å². The van der Waals surface area contributed by atoms with Crippen molar-refractivity contribution < 1.29 is 19.1 Å². The zero-order valence-corrected chi connectivity index (χ0v) is 16.6. The summed E-state index contributed by atoms with van der Waals surface area (Å²) in [6.07, 6.45) is 0. The normalized spacial score (nSPS) is 10.2. The number of carbonyl (C=O) groups is 2. The SMILES string of the molecule is COc1cc(C)c(NC(=O)c2ccccc2NC(=O)c2ccsc2)cc1OC. The molecule has 28 heavy (non-hydrogen) atoms. The molecule has 0 bridgehead atoms. The number of thiophene rings is 1. The molecule has 2 amide bonds. The van der Waals surface area contributed by atoms with Crippen molar-refractivity contribution in [2.24, 2.45) is 0 Å². The van der Waals surface area contributed by atoms with Crippen molar-refractivity contribution in [1.82, 2.24) is 0 Å². The van der Waals surface area contributed by atoms with Crippen LogP contribution in [-0.4, -0.2) is 26.0 Å². The molecule has 0 aliphatic rings. The second kappa shape index (κ2) is 8.58. The van der Waals surface area contributed by atoms with Gasteiger partial charge < -0.3 is 20.1 Å². The van der Waals surface area contributed by atoms with Gasteiger partial charge in [0.25, 0.3) is 11.8 Å². The maximum atomic E-state index is 12.9. The Morgan fingerprint density at radius 2 is 1.57 bits per heavy atom. The lowest BCUT2D eigenvalue weighted by molar-refractivity contribution is 0.102. The number of carbonyl (C=O) groups excluding carboxylic acids is 2. The standard InChI is InChI=1S/C21H20N2O4S/c1-13-10-18(26-2)19(27-3)11-17(13)23-21(25)15-6-4-5-7-16(15)22-20(24)14-8-9-28-12-14/h4-12H,1-3H3,(H,22,24)(H,23,25). The third-order valence-electron chi connectivity index (χ3n) is 4.18. The van der Waals surface area contributed by atoms with E-state index in [2.05, 4.69) is 10.6 Å². The minimum atomic E-state index is -0.337. The van der Waals surface area contributed by atoms with E-state index < -0.39 is 0 Å². The highest BCUT2D eigenvalue weighted by Crippen LogP contribution is 2.33. The summed E-state index contributed by atoms with van der Waals surface area (Å²) in [6.45, 7) is 1.86. The number of rotatable bonds is 6. The Morgan fingerprint density at radius 1 is 0.893 bits per heavy atom. The van der Waals surface area contributed by atoms with Gasteiger partial charge in [-0.15, -0.1) is 0 Å². The summed E-state index contributed by atoms with van der Waals surface area (Å²) in [6, 6.07) is 12.1. The molecule has 3 rings (SSSR count). The number of anilines is 2. The monoisotopic (exact) mass is 396 g/mol. The molecule has 144 valence electrons. The molecule has 0 saturated heterocycles. The summed E-state index contributed by atoms with van der Waals surface area (Å²) in [5.41, 5.74) is 2.78. The molecule has 1 heterocycles. The second-order valence-electron chi connectivity index (χ2n) is 5.99. The molecular formula is C21H20N2O4S. The van der Waals surface area contributed by atoms with E-state index >= 15 is 0 Å². The zero-order valence-electron chi connectivity index (χ0n) is 15.7. The number of hydrogen-bond donors (Lipinski definition) is 2. The molecule has 0 unspecified atom stereocenters. The molecule has 0 saturated carbocycles. The van der Waals surface area contributed by atoms with Gasteiger partial charge in [0, 0.05) is 17.1 Å². The fraction of sp³-hybridized carbons (Fsp3) is 0.143. The minimum Gasteiger partial charge on any atom is -0.493 e. The van der Waals surface area contributed by atoms with E-state index in [-0.39, 0.29) is 11.8 Å². The summed E-state index contributed by atoms with van der Waals surface area (Å²) in [7, 11) is 3.09. The van der Waals surface area contributed by atoms with Gasteiger partial charge in [-0.25, -0.2) is 0 Å². The van der Waals surface area contributed by atoms with E-state index in [9.17, 15) is 9.59 Å². The van der Waals surface area contributed by atoms with E-state index in [0.717, 1.165) is 5.56 Å². The fourth-order valence-corrected chi connectivity index (χ4v) is 3.32. The summed E-state index contributed by atoms with van der Waals surface area (Å²) in [4.78, 5) is 25.2. The topological polar surface area (TPSA) is 76.7 Å². The van der Waals surface area contributed by atoms with Gasteiger partial charge in [0.15, 0.2) is 11.5 Å². The van der Waals surface area contributed by atoms with Crippen molar-refractivity contribution in [3.63, 3.8) is 0 Å². The van der Waals surface area contributed by atoms with Crippen LogP contribution < -0.4 is 20.1 Å². The summed E-state index contributed by atoms with van der Waals surface area (Å²) < 4.78 is 10.6. The van der Waals surface area contributed by atoms with E-state index in [1.807, 2.05) is 12.3 Å². The van der Waals surface area contributed by atoms with Crippen LogP contribution in [0, 0.1) is 6.92 Å². The first-order chi connectivity index (χ1) is 13.5. The highest BCUT2D eigenvalue weighted by atomic mass is 32.1. The van der Waals surface area contributed by atoms with Gasteiger partial charge in [-0.1, -0.05) is 12.1 Å². The number of aryl methyl sites for hydroxylation is 1. The Morgan fingerprint density at radius 3 is 2.25 bits per heavy atom. The minimum absolute atomic E-state index is 0.260. The molecule has 2 aromatic carbocycles. The van der Waals surface area contributed by atoms with Crippen molar-refractivity contribution in [3.05, 3.63) is 69.9 Å². The number of nitrogens with one attached hydrogen (secondary N) is 2. The number of para-hydroxylation sites is 1. The van der Waals surface area contributed by atoms with Crippen molar-refractivity contribution in [3.8, 4) is 11.5 Å². The van der Waals surface area contributed by atoms with Gasteiger partial charge in [-0.2, -0.15) is 11.3 Å². The third kappa shape index (κ3) is 4.15. The quantitative estimate of drug-likeness (QED) is 0.639. The molecule has 0 atom stereocenters. The van der Waals surface area contributed by atoms with Crippen molar-refractivity contribution in [2.45, 2.75) is 6.92 Å². The number of methoxy groups -OCH3 is 2. The first kappa shape index (κ1) is 19.4. The largest absolute Gasteiger partial charge is 0.493 e. The highest BCUT2D eigenvalue weighted by molar-refractivity contribution is 7.08. The lowest BCUT2D eigenvalue weighted by atomic mass is 10.1. The average molecular weight is 396 g/mol. The molecule has 3 aromatic rings. The van der Waals surface area contributed by atoms with Crippen LogP contribution in [0.25, 0.3) is 0 Å². The molecule has 1 aromatic heterocycles. The number of ether oxygens (including phenoxy) is 2. The average Bonchev–Trinajstić information content (AvgIpc) is 3.24. The van der Waals surface area contributed by atoms with Crippen molar-refractivity contribution in [2.75, 3.05) is 24.9 Å². The van der Waals surface area contributed by atoms with Crippen LogP contribution in [0.4, 0.5) is 11.4 Å². The smallest absolute Gasteiger partial charge is 0.257 e. The van der Waals surface area contributed by atoms with Crippen LogP contribution >= 0.6 is 11.3 Å². The number of hydrogen-bond acceptors (Lipinski definition) is 5. The Hall–Kier alpha value is -3.32. The lowest BCUT2D eigenvalue weighted by Crippen LogP contribution is -2.18. The molecule has 0 radical (unpaired) electrons. The fourth-order valence-electron chi connectivity index (χ4n) is 2.68. The zero-order chi connectivity index (χ0) is 20.1. The molecular weight excluding hydrogens is 376 g/mol. The van der Waals surface area contributed by atoms with Crippen LogP contribution in [0.5, 0.6) is 11.5 Å². The predicted molar refractivity (Wildman–Crippen MR) is 111 cm³/mol. The molecule has 0 aliphatic carbocycles. The number of amides is 2. The van der Waals surface area contributed by atoms with Crippen molar-refractivity contribution in [1.29, 1.82) is 0 Å². The molecule has 0 spiro atoms. The van der Waals surface area contributed by atoms with Gasteiger partial charge in [-0.05, 0) is 42.1 Å². The van der Waals surface area contributed by atoms with Gasteiger partial charge in [0.05, 0.1) is 31.0 Å². The summed E-state index contributed by atoms with van der Waals surface area (Å²) in [5.74, 6) is 0.504. The summed E-state index contributed by atoms with van der Waals surface area (Å²) in [5, 5.41) is 9.26. The van der Waals surface area contributed by atoms with Gasteiger partial charge in [-0.3, -0.25) is 9.59 Å². The molecule has 7 heteroatoms. The molecule has 2 N–H and O–H groups in total. The lowest BCUT2D eigenvalue weighted by Gasteiger charge is -2.15. The van der Waals surface area contributed by atoms with Crippen LogP contribution in [0.15, 0.2) is 53.2 Å². The molecule has 6 nitrogen and oxygen atoms in total. The Kier molecular flexibility index (Phi) is 5.96. The second-order valence-corrected chi connectivity index (χ2v) is 6.77. The van der Waals surface area contributed by atoms with Gasteiger partial charge in [0.1, 0.15) is 0 Å². The van der Waals surface area contributed by atoms with Crippen LogP contribution in [0.1, 0.15) is 26.3 Å². The van der Waals surface area contributed by atoms with E-state index in [4.69, 9.17) is 9.47 Å². The predicted octanol–water partition coefficient (Wildman–Crippen LogP) is 4.58. The van der Waals surface area contributed by atoms with Crippen molar-refractivity contribution >= 4 is 34.5 Å². The summed E-state index contributed by atoms with van der Waals surface area (Å²) >= 11 is 1.44. The Balaban J connectivity index is 1.85. The van der Waals surface area contributed by atoms with E-state index in [1.165, 1.54) is 18.4 Å². The maximum Gasteiger partial charge on any atom is 0.257 e. The Labute approximate surface area is 167 Å². The number of benzene rings is 2. The first-order valence-corrected chi connectivity index (χ1v) is 9.44. The highest BCUT2D eigenvalue weighted by Gasteiger charge is 2.16. The molecule has 0 fully saturated rings. The van der Waals surface area contributed by atoms with Crippen LogP contribution in [-0.2, 0) is 0 Å².